The number of aliphatic hydroxyl groups is 1. The van der Waals surface area contributed by atoms with E-state index in [9.17, 15) is 15.0 Å². The molecule has 36 heavy (non-hydrogen) atoms. The average Bonchev–Trinajstić information content (AvgIpc) is 2.86. The van der Waals surface area contributed by atoms with Crippen molar-refractivity contribution in [2.24, 2.45) is 5.41 Å². The number of pyridine rings is 1. The van der Waals surface area contributed by atoms with Gasteiger partial charge in [-0.25, -0.2) is 0 Å². The fourth-order valence-corrected chi connectivity index (χ4v) is 6.27. The van der Waals surface area contributed by atoms with Crippen LogP contribution in [0.5, 0.6) is 5.75 Å². The highest BCUT2D eigenvalue weighted by Gasteiger charge is 2.50. The highest BCUT2D eigenvalue weighted by Crippen LogP contribution is 2.44. The van der Waals surface area contributed by atoms with Gasteiger partial charge in [0.15, 0.2) is 0 Å². The van der Waals surface area contributed by atoms with Crippen LogP contribution >= 0.6 is 11.6 Å². The van der Waals surface area contributed by atoms with Crippen molar-refractivity contribution in [2.75, 3.05) is 20.2 Å². The zero-order valence-electron chi connectivity index (χ0n) is 20.6. The minimum absolute atomic E-state index is 0.402. The third-order valence-corrected chi connectivity index (χ3v) is 8.73. The molecule has 2 unspecified atom stereocenters. The minimum Gasteiger partial charge on any atom is -0.497 e. The minimum atomic E-state index is -1.13. The summed E-state index contributed by atoms with van der Waals surface area (Å²) in [6.45, 7) is 1.11. The molecule has 0 bridgehead atoms. The predicted molar refractivity (Wildman–Crippen MR) is 141 cm³/mol. The monoisotopic (exact) mass is 508 g/mol. The first kappa shape index (κ1) is 25.0. The first-order valence-electron chi connectivity index (χ1n) is 12.7. The van der Waals surface area contributed by atoms with Crippen LogP contribution in [0.15, 0.2) is 54.7 Å². The van der Waals surface area contributed by atoms with Gasteiger partial charge in [0.25, 0.3) is 0 Å². The van der Waals surface area contributed by atoms with Crippen LogP contribution in [-0.2, 0) is 11.2 Å². The van der Waals surface area contributed by atoms with Gasteiger partial charge >= 0.3 is 5.97 Å². The Bertz CT molecular complexity index is 1230. The Labute approximate surface area is 216 Å². The molecule has 1 saturated carbocycles. The van der Waals surface area contributed by atoms with Gasteiger partial charge in [0.2, 0.25) is 0 Å². The van der Waals surface area contributed by atoms with Crippen LogP contribution in [-0.4, -0.2) is 58.4 Å². The second-order valence-corrected chi connectivity index (χ2v) is 10.7. The summed E-state index contributed by atoms with van der Waals surface area (Å²) in [7, 11) is 1.62. The number of benzene rings is 2. The number of carboxylic acids is 1. The second kappa shape index (κ2) is 10.4. The molecule has 6 nitrogen and oxygen atoms in total. The van der Waals surface area contributed by atoms with Crippen LogP contribution in [0.1, 0.15) is 49.1 Å². The predicted octanol–water partition coefficient (Wildman–Crippen LogP) is 5.30. The molecule has 2 atom stereocenters. The van der Waals surface area contributed by atoms with Crippen molar-refractivity contribution in [1.29, 1.82) is 0 Å². The van der Waals surface area contributed by atoms with E-state index in [4.69, 9.17) is 16.3 Å². The number of nitrogens with zero attached hydrogens (tertiary/aromatic N) is 2. The largest absolute Gasteiger partial charge is 0.497 e. The molecule has 0 amide bonds. The van der Waals surface area contributed by atoms with Gasteiger partial charge in [-0.2, -0.15) is 0 Å². The zero-order chi connectivity index (χ0) is 25.3. The number of ether oxygens (including phenoxy) is 1. The van der Waals surface area contributed by atoms with E-state index in [0.29, 0.717) is 55.8 Å². The standard InChI is InChI=1S/C29H33ClN2O4/c1-36-22-9-10-26-24(16-22)23(25(30)17-31-26)8-5-11-29(28(34)35)12-13-32(18-27(29)33)21-14-20(15-21)19-6-3-2-4-7-19/h2-4,6-7,9-10,16-17,20-21,27,33H,5,8,11-15,18H2,1H3,(H,34,35). The molecule has 2 aromatic carbocycles. The molecule has 0 radical (unpaired) electrons. The van der Waals surface area contributed by atoms with E-state index in [-0.39, 0.29) is 0 Å². The first-order chi connectivity index (χ1) is 17.4. The number of aromatic nitrogens is 1. The summed E-state index contributed by atoms with van der Waals surface area (Å²) in [5, 5.41) is 22.8. The number of likely N-dealkylation sites (tertiary alicyclic amines) is 1. The van der Waals surface area contributed by atoms with Gasteiger partial charge in [-0.1, -0.05) is 41.9 Å². The normalized spacial score (nSPS) is 26.5. The van der Waals surface area contributed by atoms with E-state index < -0.39 is 17.5 Å². The Balaban J connectivity index is 1.23. The highest BCUT2D eigenvalue weighted by atomic mass is 35.5. The number of hydrogen-bond acceptors (Lipinski definition) is 5. The summed E-state index contributed by atoms with van der Waals surface area (Å²) in [4.78, 5) is 19.2. The number of aliphatic carboxylic acids is 1. The van der Waals surface area contributed by atoms with E-state index in [2.05, 4.69) is 34.1 Å². The Morgan fingerprint density at radius 2 is 2.00 bits per heavy atom. The number of rotatable bonds is 8. The molecule has 1 aliphatic heterocycles. The van der Waals surface area contributed by atoms with E-state index >= 15 is 0 Å². The Hall–Kier alpha value is -2.67. The molecule has 5 rings (SSSR count). The number of piperidine rings is 1. The molecule has 7 heteroatoms. The molecule has 2 heterocycles. The summed E-state index contributed by atoms with van der Waals surface area (Å²) in [6, 6.07) is 16.6. The second-order valence-electron chi connectivity index (χ2n) is 10.3. The Morgan fingerprint density at radius 1 is 1.22 bits per heavy atom. The van der Waals surface area contributed by atoms with Crippen molar-refractivity contribution >= 4 is 28.5 Å². The quantitative estimate of drug-likeness (QED) is 0.429. The SMILES string of the molecule is COc1ccc2ncc(Cl)c(CCCC3(C(=O)O)CCN(C4CC(c5ccccc5)C4)CC3O)c2c1. The van der Waals surface area contributed by atoms with Crippen molar-refractivity contribution in [3.05, 3.63) is 70.9 Å². The van der Waals surface area contributed by atoms with Crippen LogP contribution in [0.3, 0.4) is 0 Å². The van der Waals surface area contributed by atoms with E-state index in [1.165, 1.54) is 5.56 Å². The van der Waals surface area contributed by atoms with Gasteiger partial charge in [-0.05, 0) is 80.3 Å². The topological polar surface area (TPSA) is 82.9 Å². The number of β-amino-alcohol motifs (C(OH)–C–C–N with tert-alkyl or cyclic N) is 1. The summed E-state index contributed by atoms with van der Waals surface area (Å²) >= 11 is 6.50. The maximum Gasteiger partial charge on any atom is 0.312 e. The summed E-state index contributed by atoms with van der Waals surface area (Å²) < 4.78 is 5.37. The molecule has 2 aliphatic rings. The molecule has 2 fully saturated rings. The Morgan fingerprint density at radius 3 is 2.69 bits per heavy atom. The van der Waals surface area contributed by atoms with E-state index in [1.807, 2.05) is 24.3 Å². The van der Waals surface area contributed by atoms with Crippen LogP contribution in [0.4, 0.5) is 0 Å². The first-order valence-corrected chi connectivity index (χ1v) is 13.1. The smallest absolute Gasteiger partial charge is 0.312 e. The summed E-state index contributed by atoms with van der Waals surface area (Å²) in [5.41, 5.74) is 2.00. The van der Waals surface area contributed by atoms with E-state index in [1.54, 1.807) is 13.3 Å². The third kappa shape index (κ3) is 4.70. The maximum atomic E-state index is 12.5. The van der Waals surface area contributed by atoms with Crippen molar-refractivity contribution in [2.45, 2.75) is 56.6 Å². The number of carboxylic acid groups (broad SMARTS) is 1. The zero-order valence-corrected chi connectivity index (χ0v) is 21.3. The van der Waals surface area contributed by atoms with Gasteiger partial charge in [-0.15, -0.1) is 0 Å². The van der Waals surface area contributed by atoms with Crippen LogP contribution in [0.2, 0.25) is 5.02 Å². The molecule has 0 spiro atoms. The molecule has 1 aromatic heterocycles. The Kier molecular flexibility index (Phi) is 7.20. The molecule has 1 aliphatic carbocycles. The number of hydrogen-bond donors (Lipinski definition) is 2. The van der Waals surface area contributed by atoms with Gasteiger partial charge in [0, 0.05) is 24.2 Å². The molecule has 190 valence electrons. The van der Waals surface area contributed by atoms with Crippen LogP contribution in [0, 0.1) is 5.41 Å². The molecular formula is C29H33ClN2O4. The lowest BCUT2D eigenvalue weighted by Crippen LogP contribution is -2.58. The molecular weight excluding hydrogens is 476 g/mol. The van der Waals surface area contributed by atoms with Crippen molar-refractivity contribution in [3.63, 3.8) is 0 Å². The van der Waals surface area contributed by atoms with Gasteiger partial charge in [-0.3, -0.25) is 14.7 Å². The van der Waals surface area contributed by atoms with Gasteiger partial charge < -0.3 is 14.9 Å². The number of aliphatic hydroxyl groups excluding tert-OH is 1. The van der Waals surface area contributed by atoms with Gasteiger partial charge in [0.05, 0.1) is 29.2 Å². The maximum absolute atomic E-state index is 12.5. The lowest BCUT2D eigenvalue weighted by Gasteiger charge is -2.50. The van der Waals surface area contributed by atoms with Crippen molar-refractivity contribution < 1.29 is 19.7 Å². The lowest BCUT2D eigenvalue weighted by atomic mass is 9.69. The number of aryl methyl sites for hydroxylation is 1. The van der Waals surface area contributed by atoms with Crippen molar-refractivity contribution in [3.8, 4) is 5.75 Å². The van der Waals surface area contributed by atoms with Crippen LogP contribution in [0.25, 0.3) is 10.9 Å². The summed E-state index contributed by atoms with van der Waals surface area (Å²) in [5.74, 6) is 0.374. The van der Waals surface area contributed by atoms with Crippen LogP contribution < -0.4 is 4.74 Å². The number of fused-ring (bicyclic) bond motifs is 1. The third-order valence-electron chi connectivity index (χ3n) is 8.40. The number of methoxy groups -OCH3 is 1. The molecule has 1 saturated heterocycles. The van der Waals surface area contributed by atoms with E-state index in [0.717, 1.165) is 35.1 Å². The fourth-order valence-electron chi connectivity index (χ4n) is 6.02. The number of carbonyl (C=O) groups is 1. The summed E-state index contributed by atoms with van der Waals surface area (Å²) in [6.07, 6.45) is 4.95. The van der Waals surface area contributed by atoms with Gasteiger partial charge in [0.1, 0.15) is 5.75 Å². The fraction of sp³-hybridized carbons (Fsp3) is 0.448. The molecule has 2 N–H and O–H groups in total. The molecule has 3 aromatic rings. The van der Waals surface area contributed by atoms with Crippen molar-refractivity contribution in [1.82, 2.24) is 9.88 Å². The lowest BCUT2D eigenvalue weighted by molar-refractivity contribution is -0.166. The average molecular weight is 509 g/mol. The highest BCUT2D eigenvalue weighted by molar-refractivity contribution is 6.32. The number of halogens is 1.